The summed E-state index contributed by atoms with van der Waals surface area (Å²) in [6, 6.07) is 9.98. The summed E-state index contributed by atoms with van der Waals surface area (Å²) in [5.74, 6) is -0.731. The molecule has 1 aromatic carbocycles. The smallest absolute Gasteiger partial charge is 0.319 e. The van der Waals surface area contributed by atoms with Crippen molar-refractivity contribution in [1.82, 2.24) is 0 Å². The minimum absolute atomic E-state index is 0.660. The normalized spacial score (nSPS) is 14.5. The quantitative estimate of drug-likeness (QED) is 0.835. The first-order chi connectivity index (χ1) is 7.08. The molecule has 0 saturated carbocycles. The van der Waals surface area contributed by atoms with Gasteiger partial charge in [0.15, 0.2) is 0 Å². The fourth-order valence-electron chi connectivity index (χ4n) is 1.32. The van der Waals surface area contributed by atoms with E-state index in [0.717, 1.165) is 6.42 Å². The van der Waals surface area contributed by atoms with E-state index in [0.29, 0.717) is 6.42 Å². The molecule has 1 aromatic rings. The van der Waals surface area contributed by atoms with Gasteiger partial charge in [-0.2, -0.15) is 0 Å². The third-order valence-corrected chi connectivity index (χ3v) is 3.92. The number of carboxylic acids is 1. The largest absolute Gasteiger partial charge is 0.480 e. The molecule has 1 atom stereocenters. The van der Waals surface area contributed by atoms with Gasteiger partial charge in [-0.25, -0.2) is 0 Å². The highest BCUT2D eigenvalue weighted by Gasteiger charge is 2.31. The molecule has 1 N–H and O–H groups in total. The molecule has 0 aliphatic heterocycles. The van der Waals surface area contributed by atoms with Crippen LogP contribution in [0.15, 0.2) is 30.3 Å². The summed E-state index contributed by atoms with van der Waals surface area (Å²) >= 11 is 1.40. The number of benzene rings is 1. The van der Waals surface area contributed by atoms with Crippen molar-refractivity contribution in [3.8, 4) is 0 Å². The molecule has 2 nitrogen and oxygen atoms in total. The second kappa shape index (κ2) is 5.21. The Kier molecular flexibility index (Phi) is 4.21. The van der Waals surface area contributed by atoms with Gasteiger partial charge in [-0.1, -0.05) is 30.3 Å². The van der Waals surface area contributed by atoms with E-state index < -0.39 is 10.7 Å². The number of carbonyl (C=O) groups is 1. The zero-order valence-electron chi connectivity index (χ0n) is 9.06. The lowest BCUT2D eigenvalue weighted by molar-refractivity contribution is -0.139. The highest BCUT2D eigenvalue weighted by molar-refractivity contribution is 8.00. The molecule has 0 aliphatic carbocycles. The monoisotopic (exact) mass is 224 g/mol. The van der Waals surface area contributed by atoms with Crippen molar-refractivity contribution in [2.75, 3.05) is 6.26 Å². The standard InChI is InChI=1S/C12H16O2S/c1-12(15-2,11(13)14)9-8-10-6-4-3-5-7-10/h3-7H,8-9H2,1-2H3,(H,13,14). The van der Waals surface area contributed by atoms with Crippen LogP contribution in [-0.2, 0) is 11.2 Å². The minimum Gasteiger partial charge on any atom is -0.480 e. The van der Waals surface area contributed by atoms with Crippen LogP contribution in [0.5, 0.6) is 0 Å². The van der Waals surface area contributed by atoms with Gasteiger partial charge in [0.25, 0.3) is 0 Å². The number of aliphatic carboxylic acids is 1. The summed E-state index contributed by atoms with van der Waals surface area (Å²) in [5, 5.41) is 9.09. The first-order valence-corrected chi connectivity index (χ1v) is 6.13. The number of hydrogen-bond donors (Lipinski definition) is 1. The van der Waals surface area contributed by atoms with Crippen LogP contribution in [0.2, 0.25) is 0 Å². The first-order valence-electron chi connectivity index (χ1n) is 4.91. The zero-order valence-corrected chi connectivity index (χ0v) is 9.88. The number of rotatable bonds is 5. The lowest BCUT2D eigenvalue weighted by Gasteiger charge is -2.21. The van der Waals surface area contributed by atoms with Gasteiger partial charge in [-0.3, -0.25) is 4.79 Å². The maximum atomic E-state index is 11.1. The Morgan fingerprint density at radius 2 is 2.00 bits per heavy atom. The number of aryl methyl sites for hydroxylation is 1. The van der Waals surface area contributed by atoms with Crippen LogP contribution >= 0.6 is 11.8 Å². The van der Waals surface area contributed by atoms with E-state index in [4.69, 9.17) is 5.11 Å². The lowest BCUT2D eigenvalue weighted by atomic mass is 10.0. The van der Waals surface area contributed by atoms with Crippen molar-refractivity contribution in [2.24, 2.45) is 0 Å². The molecule has 0 bridgehead atoms. The minimum atomic E-state index is -0.731. The Morgan fingerprint density at radius 1 is 1.40 bits per heavy atom. The number of thioether (sulfide) groups is 1. The van der Waals surface area contributed by atoms with Crippen molar-refractivity contribution >= 4 is 17.7 Å². The highest BCUT2D eigenvalue weighted by atomic mass is 32.2. The molecule has 0 spiro atoms. The summed E-state index contributed by atoms with van der Waals surface area (Å²) in [5.41, 5.74) is 1.19. The second-order valence-electron chi connectivity index (χ2n) is 3.73. The van der Waals surface area contributed by atoms with E-state index in [2.05, 4.69) is 0 Å². The van der Waals surface area contributed by atoms with E-state index in [-0.39, 0.29) is 0 Å². The lowest BCUT2D eigenvalue weighted by Crippen LogP contribution is -2.31. The Bertz CT molecular complexity index is 324. The SMILES string of the molecule is CSC(C)(CCc1ccccc1)C(=O)O. The van der Waals surface area contributed by atoms with Gasteiger partial charge in [0.1, 0.15) is 4.75 Å². The van der Waals surface area contributed by atoms with E-state index in [9.17, 15) is 4.79 Å². The fourth-order valence-corrected chi connectivity index (χ4v) is 1.80. The molecule has 0 heterocycles. The van der Waals surface area contributed by atoms with E-state index in [1.807, 2.05) is 36.6 Å². The number of carboxylic acid groups (broad SMARTS) is 1. The molecule has 1 unspecified atom stereocenters. The van der Waals surface area contributed by atoms with Gasteiger partial charge in [-0.05, 0) is 31.6 Å². The zero-order chi connectivity index (χ0) is 11.3. The van der Waals surface area contributed by atoms with Crippen molar-refractivity contribution < 1.29 is 9.90 Å². The second-order valence-corrected chi connectivity index (χ2v) is 5.04. The highest BCUT2D eigenvalue weighted by Crippen LogP contribution is 2.28. The molecule has 15 heavy (non-hydrogen) atoms. The maximum absolute atomic E-state index is 11.1. The Morgan fingerprint density at radius 3 is 2.47 bits per heavy atom. The summed E-state index contributed by atoms with van der Waals surface area (Å²) < 4.78 is -0.671. The molecule has 0 aromatic heterocycles. The first kappa shape index (κ1) is 12.1. The molecule has 0 fully saturated rings. The Balaban J connectivity index is 2.59. The fraction of sp³-hybridized carbons (Fsp3) is 0.417. The van der Waals surface area contributed by atoms with Crippen LogP contribution in [0.3, 0.4) is 0 Å². The van der Waals surface area contributed by atoms with Crippen LogP contribution in [0.25, 0.3) is 0 Å². The predicted molar refractivity (Wildman–Crippen MR) is 64.3 cm³/mol. The summed E-state index contributed by atoms with van der Waals surface area (Å²) in [6.45, 7) is 1.78. The van der Waals surface area contributed by atoms with Crippen molar-refractivity contribution in [2.45, 2.75) is 24.5 Å². The van der Waals surface area contributed by atoms with Crippen LogP contribution in [0.4, 0.5) is 0 Å². The molecule has 82 valence electrons. The average Bonchev–Trinajstić information content (AvgIpc) is 2.27. The maximum Gasteiger partial charge on any atom is 0.319 e. The van der Waals surface area contributed by atoms with Crippen LogP contribution < -0.4 is 0 Å². The summed E-state index contributed by atoms with van der Waals surface area (Å²) in [6.07, 6.45) is 3.32. The average molecular weight is 224 g/mol. The van der Waals surface area contributed by atoms with E-state index in [1.54, 1.807) is 6.92 Å². The van der Waals surface area contributed by atoms with Crippen molar-refractivity contribution in [1.29, 1.82) is 0 Å². The van der Waals surface area contributed by atoms with Gasteiger partial charge in [-0.15, -0.1) is 11.8 Å². The Labute approximate surface area is 94.7 Å². The Hall–Kier alpha value is -0.960. The van der Waals surface area contributed by atoms with Gasteiger partial charge in [0.05, 0.1) is 0 Å². The molecule has 3 heteroatoms. The third-order valence-electron chi connectivity index (χ3n) is 2.64. The van der Waals surface area contributed by atoms with Crippen molar-refractivity contribution in [3.05, 3.63) is 35.9 Å². The van der Waals surface area contributed by atoms with Crippen molar-refractivity contribution in [3.63, 3.8) is 0 Å². The van der Waals surface area contributed by atoms with Gasteiger partial charge in [0, 0.05) is 0 Å². The summed E-state index contributed by atoms with van der Waals surface area (Å²) in [4.78, 5) is 11.1. The third kappa shape index (κ3) is 3.27. The van der Waals surface area contributed by atoms with Crippen LogP contribution in [0, 0.1) is 0 Å². The molecular formula is C12H16O2S. The molecule has 0 saturated heterocycles. The van der Waals surface area contributed by atoms with E-state index in [1.165, 1.54) is 17.3 Å². The topological polar surface area (TPSA) is 37.3 Å². The van der Waals surface area contributed by atoms with Gasteiger partial charge >= 0.3 is 5.97 Å². The predicted octanol–water partition coefficient (Wildman–Crippen LogP) is 2.83. The van der Waals surface area contributed by atoms with Crippen LogP contribution in [-0.4, -0.2) is 22.1 Å². The molecule has 0 aliphatic rings. The molecule has 1 rings (SSSR count). The number of hydrogen-bond acceptors (Lipinski definition) is 2. The molecule has 0 radical (unpaired) electrons. The molecule has 0 amide bonds. The van der Waals surface area contributed by atoms with Gasteiger partial charge < -0.3 is 5.11 Å². The van der Waals surface area contributed by atoms with Crippen LogP contribution in [0.1, 0.15) is 18.9 Å². The molecular weight excluding hydrogens is 208 g/mol. The van der Waals surface area contributed by atoms with Gasteiger partial charge in [0.2, 0.25) is 0 Å². The summed E-state index contributed by atoms with van der Waals surface area (Å²) in [7, 11) is 0. The van der Waals surface area contributed by atoms with E-state index >= 15 is 0 Å².